The van der Waals surface area contributed by atoms with Crippen LogP contribution in [0.3, 0.4) is 0 Å². The Morgan fingerprint density at radius 3 is 1.76 bits per heavy atom. The van der Waals surface area contributed by atoms with Gasteiger partial charge in [0.1, 0.15) is 6.54 Å². The van der Waals surface area contributed by atoms with E-state index in [1.54, 1.807) is 4.57 Å². The van der Waals surface area contributed by atoms with Crippen molar-refractivity contribution in [3.05, 3.63) is 48.5 Å². The molecule has 0 unspecified atom stereocenters. The fourth-order valence-electron chi connectivity index (χ4n) is 4.40. The zero-order valence-electron chi connectivity index (χ0n) is 25.3. The largest absolute Gasteiger partial charge is 1.00 e. The second kappa shape index (κ2) is 18.1. The number of carbonyl (C=O) groups excluding carboxylic acids is 1. The van der Waals surface area contributed by atoms with Crippen LogP contribution in [0.15, 0.2) is 57.8 Å². The van der Waals surface area contributed by atoms with E-state index in [2.05, 4.69) is 39.9 Å². The van der Waals surface area contributed by atoms with E-state index in [1.807, 2.05) is 53.1 Å². The van der Waals surface area contributed by atoms with Crippen LogP contribution in [0.1, 0.15) is 21.7 Å². The molecule has 1 fully saturated rings. The van der Waals surface area contributed by atoms with Crippen molar-refractivity contribution in [1.29, 1.82) is 0 Å². The molecule has 1 saturated heterocycles. The number of hydrogen-bond acceptors (Lipinski definition) is 14. The Bertz CT molecular complexity index is 1820. The van der Waals surface area contributed by atoms with Gasteiger partial charge in [-0.05, 0) is 57.7 Å². The number of benzene rings is 2. The number of esters is 1. The van der Waals surface area contributed by atoms with Crippen molar-refractivity contribution in [3.8, 4) is 23.0 Å². The predicted molar refractivity (Wildman–Crippen MR) is 172 cm³/mol. The van der Waals surface area contributed by atoms with E-state index in [-0.39, 0.29) is 69.9 Å². The molecule has 18 heteroatoms. The third-order valence-electron chi connectivity index (χ3n) is 6.43. The molecule has 0 aliphatic carbocycles. The van der Waals surface area contributed by atoms with Gasteiger partial charge in [0.25, 0.3) is 0 Å². The first-order valence-electron chi connectivity index (χ1n) is 13.3. The summed E-state index contributed by atoms with van der Waals surface area (Å²) >= 11 is 0. The minimum Gasteiger partial charge on any atom is -1.00 e. The average molecular weight is 645 g/mol. The Kier molecular flexibility index (Phi) is 14.9. The van der Waals surface area contributed by atoms with Gasteiger partial charge in [-0.25, -0.2) is 19.2 Å². The number of nitrogens with two attached hydrogens (primary N) is 2. The molecule has 7 rings (SSSR count). The molecule has 5 heterocycles. The molecule has 1 aliphatic heterocycles. The van der Waals surface area contributed by atoms with Crippen LogP contribution in [-0.4, -0.2) is 95.1 Å². The average Bonchev–Trinajstić information content (AvgIpc) is 3.86. The van der Waals surface area contributed by atoms with Crippen LogP contribution in [0, 0.1) is 0 Å². The summed E-state index contributed by atoms with van der Waals surface area (Å²) in [6.45, 7) is 2.40. The minimum atomic E-state index is -0.399. The molecule has 1 aliphatic rings. The Morgan fingerprint density at radius 1 is 0.870 bits per heavy atom. The zero-order chi connectivity index (χ0) is 30.2. The Labute approximate surface area is 288 Å². The van der Waals surface area contributed by atoms with Crippen LogP contribution in [0.2, 0.25) is 0 Å². The van der Waals surface area contributed by atoms with Crippen molar-refractivity contribution in [3.63, 3.8) is 0 Å². The number of anilines is 2. The van der Waals surface area contributed by atoms with Gasteiger partial charge < -0.3 is 36.6 Å². The number of ether oxygens (including phenoxy) is 2. The molecule has 0 bridgehead atoms. The first kappa shape index (κ1) is 38.0. The molecule has 240 valence electrons. The molecular formula is C28H38AlLiN10O6. The van der Waals surface area contributed by atoms with Crippen LogP contribution < -0.4 is 30.3 Å². The van der Waals surface area contributed by atoms with E-state index in [9.17, 15) is 4.79 Å². The second-order valence-corrected chi connectivity index (χ2v) is 9.20. The third-order valence-corrected chi connectivity index (χ3v) is 6.43. The number of rotatable bonds is 6. The summed E-state index contributed by atoms with van der Waals surface area (Å²) in [6, 6.07) is 15.0. The molecule has 2 aromatic carbocycles. The quantitative estimate of drug-likeness (QED) is 0.144. The molecule has 16 nitrogen and oxygen atoms in total. The molecule has 0 atom stereocenters. The van der Waals surface area contributed by atoms with Gasteiger partial charge in [0.15, 0.2) is 52.0 Å². The van der Waals surface area contributed by atoms with E-state index < -0.39 is 5.97 Å². The normalized spacial score (nSPS) is 11.7. The fraction of sp³-hybridized carbons (Fsp3) is 0.321. The van der Waals surface area contributed by atoms with Crippen LogP contribution in [0.25, 0.3) is 45.1 Å². The Hall–Kier alpha value is -4.22. The number of aromatic nitrogens is 8. The Morgan fingerprint density at radius 2 is 1.35 bits per heavy atom. The maximum Gasteiger partial charge on any atom is 1.00 e. The van der Waals surface area contributed by atoms with Gasteiger partial charge in [-0.2, -0.15) is 0 Å². The predicted octanol–water partition coefficient (Wildman–Crippen LogP) is -1.13. The first-order valence-corrected chi connectivity index (χ1v) is 13.3. The van der Waals surface area contributed by atoms with E-state index in [4.69, 9.17) is 26.0 Å². The fourth-order valence-corrected chi connectivity index (χ4v) is 4.40. The van der Waals surface area contributed by atoms with Crippen molar-refractivity contribution in [1.82, 2.24) is 39.7 Å². The van der Waals surface area contributed by atoms with Gasteiger partial charge in [-0.15, -0.1) is 0 Å². The third kappa shape index (κ3) is 8.52. The number of fused-ring (bicyclic) bond motifs is 2. The minimum absolute atomic E-state index is 0. The van der Waals surface area contributed by atoms with Crippen LogP contribution >= 0.6 is 0 Å². The molecule has 5 N–H and O–H groups in total. The zero-order valence-corrected chi connectivity index (χ0v) is 24.3. The first-order chi connectivity index (χ1) is 21.0. The van der Waals surface area contributed by atoms with Gasteiger partial charge >= 0.3 is 24.8 Å². The topological polar surface area (TPSA) is 221 Å². The number of carbonyl (C=O) groups is 1. The number of aliphatic hydroxyl groups excluding tert-OH is 1. The van der Waals surface area contributed by atoms with E-state index in [0.717, 1.165) is 29.8 Å². The molecule has 0 radical (unpaired) electrons. The summed E-state index contributed by atoms with van der Waals surface area (Å²) in [5.74, 6) is 0.861. The standard InChI is InChI=1S/C12H11N5O3.C11H11N5O2.C4H8O.CH4.Al.Li.4H/c1-19-9(18)6-17-8-5-3-2-4-7(8)14-12(17)10-11(13)16-20-15-10;12-10-9(14-18-15-10)11-13-7-3-1-2-4-8(7)16(11)5-6-17;1-2-4-5-3-1;;;;;;;/h2-5H,6H2,1H3,(H2,13,16);1-4,17H,5-6H2,(H2,12,15);1-4H2;1H4;;;;;;/q;;;;;+1;;;;-1. The summed E-state index contributed by atoms with van der Waals surface area (Å²) in [5.41, 5.74) is 15.3. The summed E-state index contributed by atoms with van der Waals surface area (Å²) in [5, 5.41) is 23.7. The second-order valence-electron chi connectivity index (χ2n) is 9.20. The molecule has 0 saturated carbocycles. The number of nitrogen functional groups attached to an aromatic ring is 2. The number of hydrogen-bond donors (Lipinski definition) is 3. The number of nitrogens with zero attached hydrogens (tertiary/aromatic N) is 8. The summed E-state index contributed by atoms with van der Waals surface area (Å²) in [6.07, 6.45) is 2.56. The van der Waals surface area contributed by atoms with Crippen molar-refractivity contribution < 1.29 is 48.9 Å². The van der Waals surface area contributed by atoms with Crippen molar-refractivity contribution >= 4 is 57.0 Å². The Balaban J connectivity index is 0.000000382. The smallest absolute Gasteiger partial charge is 1.00 e. The summed E-state index contributed by atoms with van der Waals surface area (Å²) in [4.78, 5) is 20.4. The van der Waals surface area contributed by atoms with Gasteiger partial charge in [0.05, 0.1) is 35.8 Å². The van der Waals surface area contributed by atoms with E-state index >= 15 is 0 Å². The van der Waals surface area contributed by atoms with Crippen molar-refractivity contribution in [2.24, 2.45) is 0 Å². The molecule has 4 aromatic heterocycles. The van der Waals surface area contributed by atoms with Gasteiger partial charge in [-0.1, -0.05) is 31.7 Å². The van der Waals surface area contributed by atoms with Crippen LogP contribution in [-0.2, 0) is 27.4 Å². The summed E-state index contributed by atoms with van der Waals surface area (Å²) < 4.78 is 22.3. The maximum absolute atomic E-state index is 11.6. The molecule has 46 heavy (non-hydrogen) atoms. The van der Waals surface area contributed by atoms with Gasteiger partial charge in [-0.3, -0.25) is 4.79 Å². The number of para-hydroxylation sites is 4. The SMILES string of the molecule is C.C1CCOC1.COC(=O)Cn1c(-c2nonc2N)nc2ccccc21.Nc1nonc1-c1nc2ccccc2n1CCO.[AlH3].[H-].[Li+]. The van der Waals surface area contributed by atoms with Gasteiger partial charge in [0.2, 0.25) is 0 Å². The number of imidazole rings is 2. The summed E-state index contributed by atoms with van der Waals surface area (Å²) in [7, 11) is 1.33. The number of aliphatic hydroxyl groups is 1. The molecular weight excluding hydrogens is 606 g/mol. The van der Waals surface area contributed by atoms with Gasteiger partial charge in [0, 0.05) is 19.8 Å². The van der Waals surface area contributed by atoms with Crippen LogP contribution in [0.5, 0.6) is 0 Å². The molecule has 0 amide bonds. The maximum atomic E-state index is 11.6. The van der Waals surface area contributed by atoms with Crippen molar-refractivity contribution in [2.45, 2.75) is 33.4 Å². The van der Waals surface area contributed by atoms with Crippen molar-refractivity contribution in [2.75, 3.05) is 38.4 Å². The van der Waals surface area contributed by atoms with E-state index in [1.165, 1.54) is 20.0 Å². The van der Waals surface area contributed by atoms with Crippen LogP contribution in [0.4, 0.5) is 11.6 Å². The monoisotopic (exact) mass is 644 g/mol. The number of methoxy groups -OCH3 is 1. The molecule has 6 aromatic rings. The van der Waals surface area contributed by atoms with E-state index in [0.29, 0.717) is 35.1 Å². The molecule has 0 spiro atoms.